The fourth-order valence-electron chi connectivity index (χ4n) is 3.19. The van der Waals surface area contributed by atoms with E-state index >= 15 is 0 Å². The van der Waals surface area contributed by atoms with Gasteiger partial charge in [-0.25, -0.2) is 13.1 Å². The van der Waals surface area contributed by atoms with Crippen LogP contribution in [0.3, 0.4) is 0 Å². The quantitative estimate of drug-likeness (QED) is 0.141. The zero-order valence-corrected chi connectivity index (χ0v) is 21.0. The fraction of sp³-hybridized carbons (Fsp3) is 0.318. The summed E-state index contributed by atoms with van der Waals surface area (Å²) in [5, 5.41) is 7.74. The van der Waals surface area contributed by atoms with Crippen molar-refractivity contribution in [3.8, 4) is 0 Å². The highest BCUT2D eigenvalue weighted by Gasteiger charge is 2.12. The van der Waals surface area contributed by atoms with Crippen LogP contribution >= 0.6 is 24.0 Å². The zero-order valence-electron chi connectivity index (χ0n) is 17.8. The first kappa shape index (κ1) is 25.2. The Kier molecular flexibility index (Phi) is 9.79. The third kappa shape index (κ3) is 7.22. The van der Waals surface area contributed by atoms with Gasteiger partial charge in [0.05, 0.1) is 11.4 Å². The maximum atomic E-state index is 12.2. The molecule has 1 heterocycles. The summed E-state index contributed by atoms with van der Waals surface area (Å²) in [5.41, 5.74) is 3.64. The molecule has 0 saturated heterocycles. The van der Waals surface area contributed by atoms with Gasteiger partial charge in [-0.1, -0.05) is 30.3 Å². The van der Waals surface area contributed by atoms with Crippen LogP contribution in [0.4, 0.5) is 0 Å². The third-order valence-corrected chi connectivity index (χ3v) is 6.16. The van der Waals surface area contributed by atoms with Crippen LogP contribution in [0.5, 0.6) is 0 Å². The molecule has 0 bridgehead atoms. The van der Waals surface area contributed by atoms with Crippen molar-refractivity contribution in [2.75, 3.05) is 26.2 Å². The van der Waals surface area contributed by atoms with E-state index < -0.39 is 10.0 Å². The molecule has 31 heavy (non-hydrogen) atoms. The predicted octanol–water partition coefficient (Wildman–Crippen LogP) is 3.17. The monoisotopic (exact) mass is 555 g/mol. The van der Waals surface area contributed by atoms with E-state index in [1.54, 1.807) is 30.3 Å². The van der Waals surface area contributed by atoms with Gasteiger partial charge >= 0.3 is 0 Å². The lowest BCUT2D eigenvalue weighted by Gasteiger charge is -2.11. The predicted molar refractivity (Wildman–Crippen MR) is 138 cm³/mol. The number of aryl methyl sites for hydroxylation is 1. The van der Waals surface area contributed by atoms with Crippen LogP contribution in [-0.4, -0.2) is 45.5 Å². The van der Waals surface area contributed by atoms with E-state index in [0.717, 1.165) is 25.0 Å². The number of sulfonamides is 1. The summed E-state index contributed by atoms with van der Waals surface area (Å²) in [7, 11) is -3.50. The minimum atomic E-state index is -3.50. The number of H-pyrrole nitrogens is 1. The highest BCUT2D eigenvalue weighted by Crippen LogP contribution is 2.19. The smallest absolute Gasteiger partial charge is 0.240 e. The van der Waals surface area contributed by atoms with Gasteiger partial charge in [0, 0.05) is 36.7 Å². The Morgan fingerprint density at radius 3 is 2.58 bits per heavy atom. The molecule has 0 fully saturated rings. The molecule has 3 rings (SSSR count). The molecule has 0 atom stereocenters. The maximum Gasteiger partial charge on any atom is 0.240 e. The summed E-state index contributed by atoms with van der Waals surface area (Å²) in [6.45, 7) is 6.11. The van der Waals surface area contributed by atoms with Gasteiger partial charge in [-0.2, -0.15) is 0 Å². The second kappa shape index (κ2) is 12.1. The molecule has 168 valence electrons. The summed E-state index contributed by atoms with van der Waals surface area (Å²) >= 11 is 0. The number of rotatable bonds is 9. The molecule has 9 heteroatoms. The number of hydrogen-bond acceptors (Lipinski definition) is 3. The van der Waals surface area contributed by atoms with Crippen molar-refractivity contribution < 1.29 is 8.42 Å². The largest absolute Gasteiger partial charge is 0.361 e. The van der Waals surface area contributed by atoms with Gasteiger partial charge in [-0.3, -0.25) is 4.99 Å². The number of aliphatic imine (C=N–C) groups is 1. The Hall–Kier alpha value is -2.11. The van der Waals surface area contributed by atoms with Crippen molar-refractivity contribution >= 4 is 50.9 Å². The van der Waals surface area contributed by atoms with Crippen LogP contribution < -0.4 is 15.4 Å². The van der Waals surface area contributed by atoms with Gasteiger partial charge < -0.3 is 15.6 Å². The number of halogens is 1. The van der Waals surface area contributed by atoms with E-state index in [9.17, 15) is 8.42 Å². The average molecular weight is 555 g/mol. The summed E-state index contributed by atoms with van der Waals surface area (Å²) < 4.78 is 27.1. The van der Waals surface area contributed by atoms with E-state index in [-0.39, 0.29) is 35.4 Å². The second-order valence-electron chi connectivity index (χ2n) is 7.01. The van der Waals surface area contributed by atoms with Crippen LogP contribution in [0.15, 0.2) is 64.6 Å². The molecule has 0 unspecified atom stereocenters. The van der Waals surface area contributed by atoms with E-state index in [1.165, 1.54) is 16.5 Å². The molecular weight excluding hydrogens is 525 g/mol. The van der Waals surface area contributed by atoms with E-state index in [2.05, 4.69) is 50.5 Å². The highest BCUT2D eigenvalue weighted by atomic mass is 127. The van der Waals surface area contributed by atoms with Gasteiger partial charge in [0.25, 0.3) is 0 Å². The average Bonchev–Trinajstić information content (AvgIpc) is 3.13. The Morgan fingerprint density at radius 2 is 1.84 bits per heavy atom. The molecule has 3 aromatic rings. The standard InChI is InChI=1S/C22H29N5O2S.HI/c1-3-23-22(25-13-14-27-30(28,29)19-7-5-4-6-8-19)24-12-11-18-16-26-21-15-17(2)9-10-20(18)21;/h4-10,15-16,26-27H,3,11-14H2,1-2H3,(H2,23,24,25);1H. The molecule has 0 saturated carbocycles. The number of aromatic nitrogens is 1. The topological polar surface area (TPSA) is 98.4 Å². The lowest BCUT2D eigenvalue weighted by molar-refractivity contribution is 0.582. The molecule has 0 spiro atoms. The number of guanidine groups is 1. The maximum absolute atomic E-state index is 12.2. The number of aromatic amines is 1. The summed E-state index contributed by atoms with van der Waals surface area (Å²) in [5.74, 6) is 0.673. The Balaban J connectivity index is 0.00000341. The highest BCUT2D eigenvalue weighted by molar-refractivity contribution is 14.0. The molecule has 0 radical (unpaired) electrons. The van der Waals surface area contributed by atoms with Gasteiger partial charge in [0.1, 0.15) is 0 Å². The molecule has 1 aromatic heterocycles. The first-order chi connectivity index (χ1) is 14.5. The molecule has 2 aromatic carbocycles. The number of benzene rings is 2. The normalized spacial score (nSPS) is 11.9. The minimum absolute atomic E-state index is 0. The molecule has 7 nitrogen and oxygen atoms in total. The number of hydrogen-bond donors (Lipinski definition) is 4. The lowest BCUT2D eigenvalue weighted by Crippen LogP contribution is -2.39. The van der Waals surface area contributed by atoms with Crippen LogP contribution in [0, 0.1) is 6.92 Å². The van der Waals surface area contributed by atoms with Gasteiger partial charge in [-0.05, 0) is 49.6 Å². The van der Waals surface area contributed by atoms with Crippen molar-refractivity contribution in [3.63, 3.8) is 0 Å². The van der Waals surface area contributed by atoms with Crippen molar-refractivity contribution in [2.24, 2.45) is 4.99 Å². The van der Waals surface area contributed by atoms with Crippen molar-refractivity contribution in [2.45, 2.75) is 25.2 Å². The zero-order chi connectivity index (χ0) is 21.4. The van der Waals surface area contributed by atoms with Crippen LogP contribution in [-0.2, 0) is 16.4 Å². The van der Waals surface area contributed by atoms with Crippen molar-refractivity contribution in [1.29, 1.82) is 0 Å². The fourth-order valence-corrected chi connectivity index (χ4v) is 4.24. The lowest BCUT2D eigenvalue weighted by atomic mass is 10.1. The molecule has 0 aliphatic carbocycles. The van der Waals surface area contributed by atoms with E-state index in [0.29, 0.717) is 12.5 Å². The van der Waals surface area contributed by atoms with Gasteiger partial charge in [0.15, 0.2) is 5.96 Å². The van der Waals surface area contributed by atoms with Crippen molar-refractivity contribution in [1.82, 2.24) is 20.3 Å². The third-order valence-electron chi connectivity index (χ3n) is 4.68. The molecule has 0 amide bonds. The number of nitrogens with one attached hydrogen (secondary N) is 4. The van der Waals surface area contributed by atoms with Crippen molar-refractivity contribution in [3.05, 3.63) is 65.9 Å². The molecule has 0 aliphatic rings. The molecular formula is C22H30IN5O2S. The second-order valence-corrected chi connectivity index (χ2v) is 8.78. The van der Waals surface area contributed by atoms with Gasteiger partial charge in [0.2, 0.25) is 10.0 Å². The van der Waals surface area contributed by atoms with Crippen LogP contribution in [0.1, 0.15) is 18.1 Å². The molecule has 4 N–H and O–H groups in total. The first-order valence-corrected chi connectivity index (χ1v) is 11.6. The Labute approximate surface area is 201 Å². The summed E-state index contributed by atoms with van der Waals surface area (Å²) in [6, 6.07) is 14.8. The van der Waals surface area contributed by atoms with E-state index in [4.69, 9.17) is 0 Å². The van der Waals surface area contributed by atoms with E-state index in [1.807, 2.05) is 13.1 Å². The number of nitrogens with zero attached hydrogens (tertiary/aromatic N) is 1. The van der Waals surface area contributed by atoms with Crippen LogP contribution in [0.25, 0.3) is 10.9 Å². The summed E-state index contributed by atoms with van der Waals surface area (Å²) in [6.07, 6.45) is 2.91. The minimum Gasteiger partial charge on any atom is -0.361 e. The first-order valence-electron chi connectivity index (χ1n) is 10.1. The number of fused-ring (bicyclic) bond motifs is 1. The van der Waals surface area contributed by atoms with Crippen LogP contribution in [0.2, 0.25) is 0 Å². The Morgan fingerprint density at radius 1 is 1.06 bits per heavy atom. The summed E-state index contributed by atoms with van der Waals surface area (Å²) in [4.78, 5) is 8.04. The Bertz CT molecular complexity index is 1100. The SMILES string of the molecule is CCNC(=NCCNS(=O)(=O)c1ccccc1)NCCc1c[nH]c2cc(C)ccc12.I. The molecule has 0 aliphatic heterocycles. The van der Waals surface area contributed by atoms with Gasteiger partial charge in [-0.15, -0.1) is 24.0 Å².